The summed E-state index contributed by atoms with van der Waals surface area (Å²) in [6, 6.07) is 1.34. The molecule has 0 amide bonds. The van der Waals surface area contributed by atoms with Gasteiger partial charge in [0.15, 0.2) is 9.04 Å². The van der Waals surface area contributed by atoms with E-state index in [-0.39, 0.29) is 0 Å². The summed E-state index contributed by atoms with van der Waals surface area (Å²) in [5, 5.41) is 0. The van der Waals surface area contributed by atoms with Gasteiger partial charge in [-0.1, -0.05) is 33.1 Å². The number of hydrogen-bond donors (Lipinski definition) is 0. The zero-order chi connectivity index (χ0) is 8.53. The normalized spacial score (nSPS) is 13.4. The van der Waals surface area contributed by atoms with Crippen molar-refractivity contribution in [2.24, 2.45) is 0 Å². The molecule has 0 fully saturated rings. The maximum absolute atomic E-state index is 5.72. The summed E-state index contributed by atoms with van der Waals surface area (Å²) >= 11 is 0. The van der Waals surface area contributed by atoms with Gasteiger partial charge in [0.1, 0.15) is 0 Å². The molecule has 0 rings (SSSR count). The Balaban J connectivity index is 2.97. The van der Waals surface area contributed by atoms with E-state index in [9.17, 15) is 0 Å². The van der Waals surface area contributed by atoms with Gasteiger partial charge in [-0.2, -0.15) is 0 Å². The molecule has 11 heavy (non-hydrogen) atoms. The highest BCUT2D eigenvalue weighted by atomic mass is 28.3. The Kier molecular flexibility index (Phi) is 8.41. The minimum atomic E-state index is -0.745. The summed E-state index contributed by atoms with van der Waals surface area (Å²) in [6.45, 7) is 7.78. The standard InChI is InChI=1S/C9H22OSi/c1-4-6-7-8-10-11(3)9-5-2/h11H,4-9H2,1-3H3. The third-order valence-corrected chi connectivity index (χ3v) is 4.04. The van der Waals surface area contributed by atoms with Crippen molar-refractivity contribution in [1.82, 2.24) is 0 Å². The van der Waals surface area contributed by atoms with E-state index in [0.29, 0.717) is 0 Å². The molecule has 0 N–H and O–H groups in total. The number of hydrogen-bond acceptors (Lipinski definition) is 1. The van der Waals surface area contributed by atoms with Crippen LogP contribution in [0.3, 0.4) is 0 Å². The molecule has 0 heterocycles. The van der Waals surface area contributed by atoms with Crippen LogP contribution in [0.5, 0.6) is 0 Å². The van der Waals surface area contributed by atoms with E-state index in [0.717, 1.165) is 6.61 Å². The zero-order valence-electron chi connectivity index (χ0n) is 8.23. The molecule has 0 spiro atoms. The molecule has 68 valence electrons. The van der Waals surface area contributed by atoms with Gasteiger partial charge >= 0.3 is 0 Å². The van der Waals surface area contributed by atoms with Crippen molar-refractivity contribution < 1.29 is 4.43 Å². The first-order chi connectivity index (χ1) is 5.31. The molecule has 0 aromatic heterocycles. The van der Waals surface area contributed by atoms with Crippen molar-refractivity contribution in [2.45, 2.75) is 52.1 Å². The Bertz CT molecular complexity index is 76.0. The van der Waals surface area contributed by atoms with Gasteiger partial charge in [0.25, 0.3) is 0 Å². The summed E-state index contributed by atoms with van der Waals surface area (Å²) in [7, 11) is -0.745. The van der Waals surface area contributed by atoms with Crippen LogP contribution in [0.1, 0.15) is 39.5 Å². The minimum Gasteiger partial charge on any atom is -0.420 e. The average Bonchev–Trinajstić information content (AvgIpc) is 1.99. The Morgan fingerprint density at radius 3 is 2.36 bits per heavy atom. The van der Waals surface area contributed by atoms with Crippen LogP contribution < -0.4 is 0 Å². The van der Waals surface area contributed by atoms with Crippen molar-refractivity contribution in [3.05, 3.63) is 0 Å². The summed E-state index contributed by atoms with van der Waals surface area (Å²) in [5.41, 5.74) is 0. The van der Waals surface area contributed by atoms with Crippen LogP contribution in [0.15, 0.2) is 0 Å². The van der Waals surface area contributed by atoms with Crippen LogP contribution in [0.2, 0.25) is 12.6 Å². The van der Waals surface area contributed by atoms with E-state index in [4.69, 9.17) is 4.43 Å². The van der Waals surface area contributed by atoms with Gasteiger partial charge in [0, 0.05) is 6.61 Å². The molecule has 1 nitrogen and oxygen atoms in total. The lowest BCUT2D eigenvalue weighted by molar-refractivity contribution is 0.310. The van der Waals surface area contributed by atoms with Crippen LogP contribution in [0.4, 0.5) is 0 Å². The fourth-order valence-corrected chi connectivity index (χ4v) is 2.68. The van der Waals surface area contributed by atoms with Crippen molar-refractivity contribution >= 4 is 9.04 Å². The predicted molar refractivity (Wildman–Crippen MR) is 53.6 cm³/mol. The summed E-state index contributed by atoms with van der Waals surface area (Å²) in [4.78, 5) is 0. The van der Waals surface area contributed by atoms with Crippen molar-refractivity contribution in [3.63, 3.8) is 0 Å². The van der Waals surface area contributed by atoms with Crippen LogP contribution in [-0.4, -0.2) is 15.6 Å². The molecule has 1 unspecified atom stereocenters. The van der Waals surface area contributed by atoms with Gasteiger partial charge in [-0.05, 0) is 19.0 Å². The molecular weight excluding hydrogens is 152 g/mol. The second-order valence-corrected chi connectivity index (χ2v) is 5.71. The third kappa shape index (κ3) is 8.08. The molecule has 0 aromatic rings. The topological polar surface area (TPSA) is 9.23 Å². The Labute approximate surface area is 72.9 Å². The van der Waals surface area contributed by atoms with E-state index in [1.807, 2.05) is 0 Å². The molecule has 0 saturated heterocycles. The van der Waals surface area contributed by atoms with Crippen molar-refractivity contribution in [3.8, 4) is 0 Å². The first-order valence-electron chi connectivity index (χ1n) is 4.92. The highest BCUT2D eigenvalue weighted by Gasteiger charge is 2.01. The maximum Gasteiger partial charge on any atom is 0.173 e. The van der Waals surface area contributed by atoms with Gasteiger partial charge in [-0.3, -0.25) is 0 Å². The minimum absolute atomic E-state index is 0.745. The molecule has 1 atom stereocenters. The fraction of sp³-hybridized carbons (Fsp3) is 1.00. The lowest BCUT2D eigenvalue weighted by atomic mass is 10.3. The lowest BCUT2D eigenvalue weighted by Crippen LogP contribution is -2.13. The predicted octanol–water partition coefficient (Wildman–Crippen LogP) is 2.96. The maximum atomic E-state index is 5.72. The molecule has 0 radical (unpaired) electrons. The van der Waals surface area contributed by atoms with E-state index >= 15 is 0 Å². The van der Waals surface area contributed by atoms with E-state index in [2.05, 4.69) is 20.4 Å². The Morgan fingerprint density at radius 2 is 1.82 bits per heavy atom. The molecule has 0 aliphatic heterocycles. The van der Waals surface area contributed by atoms with Gasteiger partial charge < -0.3 is 4.43 Å². The molecule has 2 heteroatoms. The van der Waals surface area contributed by atoms with Crippen LogP contribution >= 0.6 is 0 Å². The van der Waals surface area contributed by atoms with Gasteiger partial charge in [0.05, 0.1) is 0 Å². The van der Waals surface area contributed by atoms with Gasteiger partial charge in [-0.25, -0.2) is 0 Å². The molecule has 0 aliphatic rings. The van der Waals surface area contributed by atoms with E-state index < -0.39 is 9.04 Å². The Morgan fingerprint density at radius 1 is 1.09 bits per heavy atom. The summed E-state index contributed by atoms with van der Waals surface area (Å²) in [5.74, 6) is 0. The zero-order valence-corrected chi connectivity index (χ0v) is 9.38. The Hall–Kier alpha value is 0.177. The molecule has 0 bridgehead atoms. The first kappa shape index (κ1) is 11.2. The highest BCUT2D eigenvalue weighted by Crippen LogP contribution is 2.01. The molecule has 0 aromatic carbocycles. The monoisotopic (exact) mass is 174 g/mol. The largest absolute Gasteiger partial charge is 0.420 e. The summed E-state index contributed by atoms with van der Waals surface area (Å²) in [6.07, 6.45) is 5.18. The van der Waals surface area contributed by atoms with Crippen LogP contribution in [-0.2, 0) is 4.43 Å². The van der Waals surface area contributed by atoms with E-state index in [1.54, 1.807) is 0 Å². The highest BCUT2D eigenvalue weighted by molar-refractivity contribution is 6.50. The van der Waals surface area contributed by atoms with Crippen molar-refractivity contribution in [1.29, 1.82) is 0 Å². The smallest absolute Gasteiger partial charge is 0.173 e. The second kappa shape index (κ2) is 8.28. The van der Waals surface area contributed by atoms with E-state index in [1.165, 1.54) is 31.7 Å². The molecule has 0 aliphatic carbocycles. The van der Waals surface area contributed by atoms with Gasteiger partial charge in [0.2, 0.25) is 0 Å². The average molecular weight is 174 g/mol. The van der Waals surface area contributed by atoms with Crippen LogP contribution in [0.25, 0.3) is 0 Å². The third-order valence-electron chi connectivity index (χ3n) is 1.85. The lowest BCUT2D eigenvalue weighted by Gasteiger charge is -2.09. The molecular formula is C9H22OSi. The number of unbranched alkanes of at least 4 members (excludes halogenated alkanes) is 2. The fourth-order valence-electron chi connectivity index (χ4n) is 1.13. The number of rotatable bonds is 7. The van der Waals surface area contributed by atoms with Crippen molar-refractivity contribution in [2.75, 3.05) is 6.61 Å². The SMILES string of the molecule is CCCCCO[SiH](C)CCC. The first-order valence-corrected chi connectivity index (χ1v) is 7.37. The van der Waals surface area contributed by atoms with Crippen LogP contribution in [0, 0.1) is 0 Å². The second-order valence-electron chi connectivity index (χ2n) is 3.18. The molecule has 0 saturated carbocycles. The quantitative estimate of drug-likeness (QED) is 0.426. The summed E-state index contributed by atoms with van der Waals surface area (Å²) < 4.78 is 5.72. The van der Waals surface area contributed by atoms with Gasteiger partial charge in [-0.15, -0.1) is 0 Å².